The topological polar surface area (TPSA) is 84.2 Å². The third-order valence-corrected chi connectivity index (χ3v) is 6.28. The van der Waals surface area contributed by atoms with Crippen LogP contribution >= 0.6 is 11.3 Å². The van der Waals surface area contributed by atoms with Crippen LogP contribution in [0.5, 0.6) is 0 Å². The molecule has 0 radical (unpaired) electrons. The van der Waals surface area contributed by atoms with Crippen LogP contribution in [0, 0.1) is 5.92 Å². The first-order valence-corrected chi connectivity index (χ1v) is 10.8. The van der Waals surface area contributed by atoms with Gasteiger partial charge in [0.25, 0.3) is 0 Å². The first-order valence-electron chi connectivity index (χ1n) is 10.0. The molecule has 7 nitrogen and oxygen atoms in total. The van der Waals surface area contributed by atoms with Gasteiger partial charge in [-0.2, -0.15) is 0 Å². The molecule has 1 aliphatic heterocycles. The van der Waals surface area contributed by atoms with Gasteiger partial charge in [-0.15, -0.1) is 11.3 Å². The molecule has 30 heavy (non-hydrogen) atoms. The third kappa shape index (κ3) is 3.91. The highest BCUT2D eigenvalue weighted by Crippen LogP contribution is 2.31. The lowest BCUT2D eigenvalue weighted by molar-refractivity contribution is -0.125. The molecule has 1 aromatic carbocycles. The lowest BCUT2D eigenvalue weighted by Gasteiger charge is -2.31. The Hall–Kier alpha value is -3.26. The van der Waals surface area contributed by atoms with Crippen LogP contribution in [0.4, 0.5) is 5.95 Å². The van der Waals surface area contributed by atoms with Crippen molar-refractivity contribution in [2.24, 2.45) is 5.92 Å². The van der Waals surface area contributed by atoms with E-state index in [1.165, 1.54) is 0 Å². The van der Waals surface area contributed by atoms with Crippen LogP contribution in [-0.4, -0.2) is 33.9 Å². The highest BCUT2D eigenvalue weighted by molar-refractivity contribution is 7.21. The van der Waals surface area contributed by atoms with E-state index in [2.05, 4.69) is 31.2 Å². The Kier molecular flexibility index (Phi) is 5.15. The van der Waals surface area contributed by atoms with Crippen molar-refractivity contribution < 1.29 is 9.21 Å². The van der Waals surface area contributed by atoms with E-state index in [1.54, 1.807) is 29.8 Å². The number of aromatic nitrogens is 3. The summed E-state index contributed by atoms with van der Waals surface area (Å²) in [4.78, 5) is 28.0. The molecule has 8 heteroatoms. The number of nitrogens with one attached hydrogen (secondary N) is 1. The molecule has 0 saturated carbocycles. The number of anilines is 1. The standard InChI is InChI=1S/C22H21N5O2S/c28-20(15-5-3-12-27(14-15)22-23-10-4-11-24-22)25-13-16-8-9-18(29-16)21-26-17-6-1-2-7-19(17)30-21/h1-2,4,6-11,15H,3,5,12-14H2,(H,25,28)/t15-/m0/s1. The molecule has 0 unspecified atom stereocenters. The summed E-state index contributed by atoms with van der Waals surface area (Å²) in [6.45, 7) is 1.87. The van der Waals surface area contributed by atoms with Crippen molar-refractivity contribution in [1.29, 1.82) is 0 Å². The van der Waals surface area contributed by atoms with E-state index in [4.69, 9.17) is 4.42 Å². The number of furan rings is 1. The number of carbonyl (C=O) groups is 1. The predicted molar refractivity (Wildman–Crippen MR) is 116 cm³/mol. The average Bonchev–Trinajstić information content (AvgIpc) is 3.45. The third-order valence-electron chi connectivity index (χ3n) is 5.23. The van der Waals surface area contributed by atoms with Gasteiger partial charge in [0.05, 0.1) is 22.7 Å². The summed E-state index contributed by atoms with van der Waals surface area (Å²) in [5.74, 6) is 2.08. The molecule has 1 amide bonds. The zero-order valence-electron chi connectivity index (χ0n) is 16.3. The summed E-state index contributed by atoms with van der Waals surface area (Å²) in [5, 5.41) is 3.86. The zero-order chi connectivity index (χ0) is 20.3. The molecule has 4 aromatic rings. The minimum Gasteiger partial charge on any atom is -0.457 e. The number of nitrogens with zero attached hydrogens (tertiary/aromatic N) is 4. The van der Waals surface area contributed by atoms with Crippen molar-refractivity contribution in [2.75, 3.05) is 18.0 Å². The van der Waals surface area contributed by atoms with Crippen molar-refractivity contribution in [3.63, 3.8) is 0 Å². The number of thiazole rings is 1. The van der Waals surface area contributed by atoms with Crippen molar-refractivity contribution in [3.05, 3.63) is 60.6 Å². The summed E-state index contributed by atoms with van der Waals surface area (Å²) in [5.41, 5.74) is 0.966. The van der Waals surface area contributed by atoms with Gasteiger partial charge in [0, 0.05) is 25.5 Å². The van der Waals surface area contributed by atoms with Gasteiger partial charge in [0.1, 0.15) is 5.76 Å². The Bertz CT molecular complexity index is 1120. The Balaban J connectivity index is 1.20. The normalized spacial score (nSPS) is 16.7. The summed E-state index contributed by atoms with van der Waals surface area (Å²) in [6.07, 6.45) is 5.26. The molecular formula is C22H21N5O2S. The number of amides is 1. The minimum atomic E-state index is -0.0822. The van der Waals surface area contributed by atoms with E-state index in [0.29, 0.717) is 19.0 Å². The maximum atomic E-state index is 12.7. The van der Waals surface area contributed by atoms with Gasteiger partial charge in [0.15, 0.2) is 10.8 Å². The SMILES string of the molecule is O=C(NCc1ccc(-c2nc3ccccc3s2)o1)[C@H]1CCCN(c2ncccn2)C1. The number of hydrogen-bond donors (Lipinski definition) is 1. The summed E-state index contributed by atoms with van der Waals surface area (Å²) < 4.78 is 7.06. The number of carbonyl (C=O) groups excluding carboxylic acids is 1. The second-order valence-corrected chi connectivity index (χ2v) is 8.34. The minimum absolute atomic E-state index is 0.0357. The fourth-order valence-corrected chi connectivity index (χ4v) is 4.64. The molecule has 0 bridgehead atoms. The lowest BCUT2D eigenvalue weighted by atomic mass is 9.97. The van der Waals surface area contributed by atoms with Crippen LogP contribution in [-0.2, 0) is 11.3 Å². The van der Waals surface area contributed by atoms with Crippen LogP contribution in [0.1, 0.15) is 18.6 Å². The second-order valence-electron chi connectivity index (χ2n) is 7.30. The molecule has 152 valence electrons. The first kappa shape index (κ1) is 18.7. The highest BCUT2D eigenvalue weighted by Gasteiger charge is 2.27. The number of fused-ring (bicyclic) bond motifs is 1. The predicted octanol–water partition coefficient (Wildman–Crippen LogP) is 3.88. The number of benzene rings is 1. The Morgan fingerprint density at radius 3 is 2.90 bits per heavy atom. The smallest absolute Gasteiger partial charge is 0.225 e. The van der Waals surface area contributed by atoms with Crippen molar-refractivity contribution in [3.8, 4) is 10.8 Å². The largest absolute Gasteiger partial charge is 0.457 e. The molecule has 3 aromatic heterocycles. The number of rotatable bonds is 5. The molecule has 0 spiro atoms. The van der Waals surface area contributed by atoms with Gasteiger partial charge in [-0.3, -0.25) is 4.79 Å². The summed E-state index contributed by atoms with van der Waals surface area (Å²) in [7, 11) is 0. The molecule has 1 fully saturated rings. The molecule has 1 saturated heterocycles. The maximum Gasteiger partial charge on any atom is 0.225 e. The van der Waals surface area contributed by atoms with Gasteiger partial charge in [-0.05, 0) is 43.2 Å². The maximum absolute atomic E-state index is 12.7. The number of piperidine rings is 1. The second kappa shape index (κ2) is 8.23. The summed E-state index contributed by atoms with van der Waals surface area (Å²) in [6, 6.07) is 13.6. The average molecular weight is 420 g/mol. The van der Waals surface area contributed by atoms with E-state index in [9.17, 15) is 4.79 Å². The quantitative estimate of drug-likeness (QED) is 0.529. The van der Waals surface area contributed by atoms with Crippen LogP contribution < -0.4 is 10.2 Å². The number of para-hydroxylation sites is 1. The van der Waals surface area contributed by atoms with Gasteiger partial charge in [0.2, 0.25) is 11.9 Å². The van der Waals surface area contributed by atoms with Crippen molar-refractivity contribution in [2.45, 2.75) is 19.4 Å². The Labute approximate surface area is 177 Å². The first-order chi connectivity index (χ1) is 14.8. The fraction of sp³-hybridized carbons (Fsp3) is 0.273. The van der Waals surface area contributed by atoms with Crippen LogP contribution in [0.3, 0.4) is 0 Å². The Morgan fingerprint density at radius 2 is 2.03 bits per heavy atom. The van der Waals surface area contributed by atoms with E-state index in [1.807, 2.05) is 30.3 Å². The molecular weight excluding hydrogens is 398 g/mol. The fourth-order valence-electron chi connectivity index (χ4n) is 3.71. The molecule has 1 atom stereocenters. The number of hydrogen-bond acceptors (Lipinski definition) is 7. The monoisotopic (exact) mass is 419 g/mol. The molecule has 5 rings (SSSR count). The van der Waals surface area contributed by atoms with Gasteiger partial charge in [-0.1, -0.05) is 12.1 Å². The Morgan fingerprint density at radius 1 is 1.17 bits per heavy atom. The van der Waals surface area contributed by atoms with Gasteiger partial charge < -0.3 is 14.6 Å². The molecule has 4 heterocycles. The van der Waals surface area contributed by atoms with E-state index in [0.717, 1.165) is 46.1 Å². The van der Waals surface area contributed by atoms with Crippen LogP contribution in [0.15, 0.2) is 59.3 Å². The van der Waals surface area contributed by atoms with Gasteiger partial charge >= 0.3 is 0 Å². The molecule has 0 aliphatic carbocycles. The van der Waals surface area contributed by atoms with E-state index < -0.39 is 0 Å². The van der Waals surface area contributed by atoms with Crippen molar-refractivity contribution in [1.82, 2.24) is 20.3 Å². The van der Waals surface area contributed by atoms with Crippen LogP contribution in [0.2, 0.25) is 0 Å². The molecule has 1 aliphatic rings. The van der Waals surface area contributed by atoms with E-state index in [-0.39, 0.29) is 11.8 Å². The molecule has 1 N–H and O–H groups in total. The lowest BCUT2D eigenvalue weighted by Crippen LogP contribution is -2.43. The van der Waals surface area contributed by atoms with E-state index >= 15 is 0 Å². The van der Waals surface area contributed by atoms with Crippen LogP contribution in [0.25, 0.3) is 21.0 Å². The van der Waals surface area contributed by atoms with Crippen molar-refractivity contribution >= 4 is 33.4 Å². The zero-order valence-corrected chi connectivity index (χ0v) is 17.1. The van der Waals surface area contributed by atoms with Gasteiger partial charge in [-0.25, -0.2) is 15.0 Å². The summed E-state index contributed by atoms with van der Waals surface area (Å²) >= 11 is 1.60. The highest BCUT2D eigenvalue weighted by atomic mass is 32.1.